The SMILES string of the molecule is CCc1ccc(N2C(=O)C(Cc3ccc(Br)cc3)S/C2=C(/C#N)C(=O)Nc2ccccc2C)cc1. The van der Waals surface area contributed by atoms with Gasteiger partial charge >= 0.3 is 0 Å². The quantitative estimate of drug-likeness (QED) is 0.288. The summed E-state index contributed by atoms with van der Waals surface area (Å²) in [5, 5.41) is 12.8. The van der Waals surface area contributed by atoms with Crippen molar-refractivity contribution in [2.45, 2.75) is 31.9 Å². The first-order chi connectivity index (χ1) is 16.9. The topological polar surface area (TPSA) is 73.2 Å². The van der Waals surface area contributed by atoms with E-state index in [9.17, 15) is 14.9 Å². The fourth-order valence-electron chi connectivity index (χ4n) is 3.84. The maximum absolute atomic E-state index is 13.6. The van der Waals surface area contributed by atoms with Crippen molar-refractivity contribution in [3.05, 3.63) is 105 Å². The lowest BCUT2D eigenvalue weighted by molar-refractivity contribution is -0.117. The normalized spacial score (nSPS) is 16.7. The van der Waals surface area contributed by atoms with E-state index in [1.54, 1.807) is 6.07 Å². The predicted molar refractivity (Wildman–Crippen MR) is 145 cm³/mol. The van der Waals surface area contributed by atoms with Crippen molar-refractivity contribution in [2.24, 2.45) is 0 Å². The Morgan fingerprint density at radius 3 is 2.34 bits per heavy atom. The zero-order valence-electron chi connectivity index (χ0n) is 19.4. The average Bonchev–Trinajstić information content (AvgIpc) is 3.17. The van der Waals surface area contributed by atoms with Crippen molar-refractivity contribution in [1.29, 1.82) is 5.26 Å². The number of aryl methyl sites for hydroxylation is 2. The number of rotatable bonds is 6. The van der Waals surface area contributed by atoms with Crippen LogP contribution in [0.5, 0.6) is 0 Å². The van der Waals surface area contributed by atoms with Crippen LogP contribution in [0.2, 0.25) is 0 Å². The zero-order chi connectivity index (χ0) is 24.9. The van der Waals surface area contributed by atoms with E-state index in [0.29, 0.717) is 22.8 Å². The lowest BCUT2D eigenvalue weighted by Gasteiger charge is -2.19. The van der Waals surface area contributed by atoms with Gasteiger partial charge in [-0.3, -0.25) is 14.5 Å². The van der Waals surface area contributed by atoms with Crippen LogP contribution in [-0.4, -0.2) is 17.1 Å². The Labute approximate surface area is 218 Å². The minimum Gasteiger partial charge on any atom is -0.321 e. The zero-order valence-corrected chi connectivity index (χ0v) is 21.8. The molecule has 3 aromatic carbocycles. The van der Waals surface area contributed by atoms with Crippen molar-refractivity contribution in [2.75, 3.05) is 10.2 Å². The molecule has 0 aliphatic carbocycles. The van der Waals surface area contributed by atoms with Crippen molar-refractivity contribution >= 4 is 50.9 Å². The van der Waals surface area contributed by atoms with Crippen LogP contribution in [-0.2, 0) is 22.4 Å². The highest BCUT2D eigenvalue weighted by molar-refractivity contribution is 9.10. The van der Waals surface area contributed by atoms with Gasteiger partial charge in [-0.05, 0) is 66.8 Å². The van der Waals surface area contributed by atoms with Gasteiger partial charge in [0, 0.05) is 15.8 Å². The molecule has 7 heteroatoms. The molecule has 0 radical (unpaired) electrons. The van der Waals surface area contributed by atoms with Crippen LogP contribution in [0.4, 0.5) is 11.4 Å². The number of amides is 2. The van der Waals surface area contributed by atoms with Gasteiger partial charge in [0.25, 0.3) is 5.91 Å². The highest BCUT2D eigenvalue weighted by Gasteiger charge is 2.40. The van der Waals surface area contributed by atoms with Crippen LogP contribution in [0.15, 0.2) is 87.9 Å². The minimum absolute atomic E-state index is 0.0792. The number of para-hydroxylation sites is 1. The number of benzene rings is 3. The molecule has 1 heterocycles. The second-order valence-electron chi connectivity index (χ2n) is 8.19. The summed E-state index contributed by atoms with van der Waals surface area (Å²) in [5.41, 5.74) is 4.23. The second kappa shape index (κ2) is 10.9. The van der Waals surface area contributed by atoms with E-state index in [4.69, 9.17) is 0 Å². The van der Waals surface area contributed by atoms with Gasteiger partial charge in [-0.25, -0.2) is 0 Å². The smallest absolute Gasteiger partial charge is 0.269 e. The molecule has 0 spiro atoms. The number of halogens is 1. The summed E-state index contributed by atoms with van der Waals surface area (Å²) in [6.45, 7) is 3.95. The minimum atomic E-state index is -0.531. The summed E-state index contributed by atoms with van der Waals surface area (Å²) in [6.07, 6.45) is 1.36. The highest BCUT2D eigenvalue weighted by Crippen LogP contribution is 2.42. The Morgan fingerprint density at radius 2 is 1.71 bits per heavy atom. The van der Waals surface area contributed by atoms with Crippen molar-refractivity contribution in [3.63, 3.8) is 0 Å². The van der Waals surface area contributed by atoms with E-state index < -0.39 is 11.2 Å². The molecule has 1 unspecified atom stereocenters. The van der Waals surface area contributed by atoms with E-state index >= 15 is 0 Å². The third-order valence-electron chi connectivity index (χ3n) is 5.84. The molecule has 4 rings (SSSR count). The number of nitriles is 1. The number of anilines is 2. The molecule has 176 valence electrons. The fourth-order valence-corrected chi connectivity index (χ4v) is 5.41. The van der Waals surface area contributed by atoms with Crippen LogP contribution < -0.4 is 10.2 Å². The summed E-state index contributed by atoms with van der Waals surface area (Å²) in [6, 6.07) is 24.9. The number of thioether (sulfide) groups is 1. The third kappa shape index (κ3) is 5.50. The summed E-state index contributed by atoms with van der Waals surface area (Å²) in [5.74, 6) is -0.676. The van der Waals surface area contributed by atoms with Crippen LogP contribution in [0, 0.1) is 18.3 Å². The fraction of sp³-hybridized carbons (Fsp3) is 0.179. The molecule has 1 N–H and O–H groups in total. The number of carbonyl (C=O) groups is 2. The van der Waals surface area contributed by atoms with Gasteiger partial charge in [0.2, 0.25) is 5.91 Å². The van der Waals surface area contributed by atoms with Crippen LogP contribution in [0.3, 0.4) is 0 Å². The lowest BCUT2D eigenvalue weighted by Crippen LogP contribution is -2.31. The van der Waals surface area contributed by atoms with E-state index in [0.717, 1.165) is 27.6 Å². The summed E-state index contributed by atoms with van der Waals surface area (Å²) in [4.78, 5) is 28.4. The molecule has 3 aromatic rings. The monoisotopic (exact) mass is 545 g/mol. The van der Waals surface area contributed by atoms with Gasteiger partial charge in [-0.1, -0.05) is 77.1 Å². The molecular formula is C28H24BrN3O2S. The molecule has 0 saturated carbocycles. The highest BCUT2D eigenvalue weighted by atomic mass is 79.9. The molecule has 1 saturated heterocycles. The molecule has 0 aromatic heterocycles. The Morgan fingerprint density at radius 1 is 1.06 bits per heavy atom. The average molecular weight is 546 g/mol. The number of carbonyl (C=O) groups excluding carboxylic acids is 2. The van der Waals surface area contributed by atoms with Gasteiger partial charge in [-0.2, -0.15) is 5.26 Å². The second-order valence-corrected chi connectivity index (χ2v) is 10.3. The number of nitrogens with zero attached hydrogens (tertiary/aromatic N) is 2. The molecular weight excluding hydrogens is 522 g/mol. The number of hydrogen-bond acceptors (Lipinski definition) is 4. The van der Waals surface area contributed by atoms with Gasteiger partial charge in [0.05, 0.1) is 5.25 Å². The Hall–Kier alpha value is -3.34. The first-order valence-electron chi connectivity index (χ1n) is 11.3. The van der Waals surface area contributed by atoms with Gasteiger partial charge in [0.1, 0.15) is 16.7 Å². The first kappa shape index (κ1) is 24.8. The Kier molecular flexibility index (Phi) is 7.74. The standard InChI is InChI=1S/C28H24BrN3O2S/c1-3-19-10-14-22(15-11-19)32-27(34)25(16-20-8-12-21(29)13-9-20)35-28(32)23(17-30)26(33)31-24-7-5-4-6-18(24)2/h4-15,25H,3,16H2,1-2H3,(H,31,33)/b28-23-. The molecule has 1 aliphatic rings. The third-order valence-corrected chi connectivity index (χ3v) is 7.63. The first-order valence-corrected chi connectivity index (χ1v) is 12.9. The summed E-state index contributed by atoms with van der Waals surface area (Å²) in [7, 11) is 0. The van der Waals surface area contributed by atoms with Crippen LogP contribution in [0.25, 0.3) is 0 Å². The van der Waals surface area contributed by atoms with E-state index in [1.807, 2.05) is 73.7 Å². The molecule has 35 heavy (non-hydrogen) atoms. The molecule has 5 nitrogen and oxygen atoms in total. The van der Waals surface area contributed by atoms with E-state index in [1.165, 1.54) is 16.7 Å². The lowest BCUT2D eigenvalue weighted by atomic mass is 10.1. The Balaban J connectivity index is 1.73. The van der Waals surface area contributed by atoms with E-state index in [2.05, 4.69) is 34.2 Å². The summed E-state index contributed by atoms with van der Waals surface area (Å²) >= 11 is 4.71. The maximum Gasteiger partial charge on any atom is 0.269 e. The molecule has 1 fully saturated rings. The molecule has 1 aliphatic heterocycles. The van der Waals surface area contributed by atoms with Gasteiger partial charge in [-0.15, -0.1) is 0 Å². The Bertz CT molecular complexity index is 1330. The molecule has 1 atom stereocenters. The maximum atomic E-state index is 13.6. The van der Waals surface area contributed by atoms with Gasteiger partial charge < -0.3 is 5.32 Å². The van der Waals surface area contributed by atoms with Crippen molar-refractivity contribution < 1.29 is 9.59 Å². The van der Waals surface area contributed by atoms with Crippen LogP contribution >= 0.6 is 27.7 Å². The molecule has 2 amide bonds. The number of hydrogen-bond donors (Lipinski definition) is 1. The van der Waals surface area contributed by atoms with Crippen LogP contribution in [0.1, 0.15) is 23.6 Å². The van der Waals surface area contributed by atoms with Crippen molar-refractivity contribution in [3.8, 4) is 6.07 Å². The number of nitrogens with one attached hydrogen (secondary N) is 1. The van der Waals surface area contributed by atoms with Crippen molar-refractivity contribution in [1.82, 2.24) is 0 Å². The molecule has 0 bridgehead atoms. The predicted octanol–water partition coefficient (Wildman–Crippen LogP) is 6.38. The summed E-state index contributed by atoms with van der Waals surface area (Å²) < 4.78 is 0.963. The van der Waals surface area contributed by atoms with E-state index in [-0.39, 0.29) is 11.5 Å². The van der Waals surface area contributed by atoms with Gasteiger partial charge in [0.15, 0.2) is 0 Å². The largest absolute Gasteiger partial charge is 0.321 e.